The molecule has 178 valence electrons. The molecule has 0 radical (unpaired) electrons. The number of hydrogen-bond donors (Lipinski definition) is 2. The molecule has 1 aromatic heterocycles. The molecule has 1 aliphatic carbocycles. The second-order valence-electron chi connectivity index (χ2n) is 9.19. The summed E-state index contributed by atoms with van der Waals surface area (Å²) in [5.74, 6) is -0.148. The largest absolute Gasteiger partial charge is 0.356 e. The van der Waals surface area contributed by atoms with E-state index in [1.54, 1.807) is 6.20 Å². The lowest BCUT2D eigenvalue weighted by molar-refractivity contribution is -0.127. The summed E-state index contributed by atoms with van der Waals surface area (Å²) in [5.41, 5.74) is 2.25. The molecule has 2 amide bonds. The summed E-state index contributed by atoms with van der Waals surface area (Å²) in [6.07, 6.45) is 7.67. The van der Waals surface area contributed by atoms with Crippen LogP contribution in [-0.2, 0) is 22.4 Å². The highest BCUT2D eigenvalue weighted by molar-refractivity contribution is 6.30. The zero-order valence-corrected chi connectivity index (χ0v) is 20.4. The summed E-state index contributed by atoms with van der Waals surface area (Å²) in [5, 5.41) is 6.77. The Labute approximate surface area is 202 Å². The number of carbonyl (C=O) groups is 2. The van der Waals surface area contributed by atoms with Gasteiger partial charge in [0.1, 0.15) is 0 Å². The number of halogens is 1. The Bertz CT molecular complexity index is 912. The average molecular weight is 471 g/mol. The van der Waals surface area contributed by atoms with Gasteiger partial charge in [-0.25, -0.2) is 0 Å². The van der Waals surface area contributed by atoms with Crippen molar-refractivity contribution in [3.63, 3.8) is 0 Å². The molecule has 1 fully saturated rings. The number of benzene rings is 1. The van der Waals surface area contributed by atoms with E-state index in [0.717, 1.165) is 42.8 Å². The summed E-state index contributed by atoms with van der Waals surface area (Å²) >= 11 is 6.18. The van der Waals surface area contributed by atoms with Crippen molar-refractivity contribution in [2.24, 2.45) is 0 Å². The normalized spacial score (nSPS) is 20.4. The average Bonchev–Trinajstić information content (AvgIpc) is 2.80. The van der Waals surface area contributed by atoms with Gasteiger partial charge in [-0.15, -0.1) is 0 Å². The Kier molecular flexibility index (Phi) is 9.27. The van der Waals surface area contributed by atoms with Gasteiger partial charge in [0.2, 0.25) is 11.8 Å². The lowest BCUT2D eigenvalue weighted by Gasteiger charge is -2.45. The molecule has 0 spiro atoms. The van der Waals surface area contributed by atoms with Crippen molar-refractivity contribution in [1.29, 1.82) is 0 Å². The van der Waals surface area contributed by atoms with Gasteiger partial charge < -0.3 is 15.5 Å². The van der Waals surface area contributed by atoms with Gasteiger partial charge in [0.15, 0.2) is 0 Å². The molecule has 33 heavy (non-hydrogen) atoms. The number of nitrogens with one attached hydrogen (secondary N) is 2. The monoisotopic (exact) mass is 470 g/mol. The molecule has 0 aliphatic heterocycles. The van der Waals surface area contributed by atoms with Gasteiger partial charge in [0, 0.05) is 54.3 Å². The highest BCUT2D eigenvalue weighted by atomic mass is 35.5. The fourth-order valence-electron chi connectivity index (χ4n) is 4.60. The van der Waals surface area contributed by atoms with E-state index in [1.165, 1.54) is 5.56 Å². The second kappa shape index (κ2) is 12.1. The van der Waals surface area contributed by atoms with Gasteiger partial charge in [-0.3, -0.25) is 14.6 Å². The van der Waals surface area contributed by atoms with E-state index in [-0.39, 0.29) is 36.2 Å². The van der Waals surface area contributed by atoms with E-state index in [4.69, 9.17) is 11.6 Å². The van der Waals surface area contributed by atoms with Crippen LogP contribution in [0.25, 0.3) is 0 Å². The molecule has 1 saturated carbocycles. The molecule has 1 heterocycles. The van der Waals surface area contributed by atoms with Crippen LogP contribution in [0, 0.1) is 0 Å². The summed E-state index contributed by atoms with van der Waals surface area (Å²) in [7, 11) is 4.27. The van der Waals surface area contributed by atoms with Gasteiger partial charge in [-0.1, -0.05) is 29.8 Å². The topological polar surface area (TPSA) is 74.3 Å². The van der Waals surface area contributed by atoms with E-state index in [2.05, 4.69) is 40.7 Å². The molecule has 0 unspecified atom stereocenters. The number of nitrogens with zero attached hydrogens (tertiary/aromatic N) is 2. The summed E-state index contributed by atoms with van der Waals surface area (Å²) in [6.45, 7) is 0.527. The highest BCUT2D eigenvalue weighted by Crippen LogP contribution is 2.35. The zero-order chi connectivity index (χ0) is 23.7. The minimum absolute atomic E-state index is 0.0490. The van der Waals surface area contributed by atoms with Crippen LogP contribution in [0.15, 0.2) is 48.7 Å². The lowest BCUT2D eigenvalue weighted by Crippen LogP contribution is -2.52. The van der Waals surface area contributed by atoms with Crippen LogP contribution >= 0.6 is 11.6 Å². The number of carbonyl (C=O) groups excluding carboxylic acids is 2. The molecule has 6 nitrogen and oxygen atoms in total. The molecule has 0 saturated heterocycles. The summed E-state index contributed by atoms with van der Waals surface area (Å²) in [6, 6.07) is 14.0. The van der Waals surface area contributed by atoms with Crippen molar-refractivity contribution < 1.29 is 9.59 Å². The molecule has 1 aliphatic rings. The first-order chi connectivity index (χ1) is 15.9. The molecule has 2 aromatic rings. The molecule has 1 aromatic carbocycles. The molecule has 0 atom stereocenters. The number of hydrogen-bond acceptors (Lipinski definition) is 4. The fourth-order valence-corrected chi connectivity index (χ4v) is 4.81. The van der Waals surface area contributed by atoms with Crippen LogP contribution in [0.1, 0.15) is 49.8 Å². The maximum absolute atomic E-state index is 12.4. The minimum Gasteiger partial charge on any atom is -0.356 e. The standard InChI is InChI=1S/C26H35ClN4O2/c1-31(2)26(19-20-6-5-7-21(27)18-20)14-11-23(12-15-26)30-25(33)10-9-24(32)29-17-13-22-8-3-4-16-28-22/h3-8,16,18,23H,9-15,17,19H2,1-2H3,(H,29,32)(H,30,33). The van der Waals surface area contributed by atoms with Crippen LogP contribution in [0.4, 0.5) is 0 Å². The molecule has 0 bridgehead atoms. The van der Waals surface area contributed by atoms with Crippen molar-refractivity contribution in [1.82, 2.24) is 20.5 Å². The van der Waals surface area contributed by atoms with Gasteiger partial charge in [0.25, 0.3) is 0 Å². The molecular weight excluding hydrogens is 436 g/mol. The Morgan fingerprint density at radius 1 is 1.09 bits per heavy atom. The Balaban J connectivity index is 1.38. The molecule has 3 rings (SSSR count). The highest BCUT2D eigenvalue weighted by Gasteiger charge is 2.37. The molecule has 7 heteroatoms. The maximum atomic E-state index is 12.4. The van der Waals surface area contributed by atoms with Crippen molar-refractivity contribution in [2.75, 3.05) is 20.6 Å². The number of rotatable bonds is 10. The van der Waals surface area contributed by atoms with Crippen molar-refractivity contribution in [2.45, 2.75) is 62.9 Å². The van der Waals surface area contributed by atoms with Gasteiger partial charge in [-0.05, 0) is 76.0 Å². The number of amides is 2. The van der Waals surface area contributed by atoms with Crippen molar-refractivity contribution in [3.05, 3.63) is 64.9 Å². The SMILES string of the molecule is CN(C)C1(Cc2cccc(Cl)c2)CCC(NC(=O)CCC(=O)NCCc2ccccn2)CC1. The lowest BCUT2D eigenvalue weighted by atomic mass is 9.75. The number of likely N-dealkylation sites (N-methyl/N-ethyl adjacent to an activating group) is 1. The van der Waals surface area contributed by atoms with Crippen molar-refractivity contribution in [3.8, 4) is 0 Å². The third-order valence-corrected chi connectivity index (χ3v) is 6.90. The van der Waals surface area contributed by atoms with Crippen LogP contribution in [0.3, 0.4) is 0 Å². The van der Waals surface area contributed by atoms with E-state index < -0.39 is 0 Å². The van der Waals surface area contributed by atoms with Crippen LogP contribution < -0.4 is 10.6 Å². The molecular formula is C26H35ClN4O2. The summed E-state index contributed by atoms with van der Waals surface area (Å²) < 4.78 is 0. The quantitative estimate of drug-likeness (QED) is 0.554. The van der Waals surface area contributed by atoms with E-state index in [1.807, 2.05) is 36.4 Å². The predicted octanol–water partition coefficient (Wildman–Crippen LogP) is 3.78. The van der Waals surface area contributed by atoms with E-state index >= 15 is 0 Å². The van der Waals surface area contributed by atoms with Crippen LogP contribution in [-0.4, -0.2) is 53.9 Å². The Morgan fingerprint density at radius 2 is 1.85 bits per heavy atom. The third kappa shape index (κ3) is 7.83. The first-order valence-electron chi connectivity index (χ1n) is 11.7. The Hall–Kier alpha value is -2.44. The maximum Gasteiger partial charge on any atom is 0.220 e. The minimum atomic E-state index is -0.0992. The van der Waals surface area contributed by atoms with Gasteiger partial charge in [-0.2, -0.15) is 0 Å². The van der Waals surface area contributed by atoms with E-state index in [9.17, 15) is 9.59 Å². The first-order valence-corrected chi connectivity index (χ1v) is 12.1. The van der Waals surface area contributed by atoms with Crippen LogP contribution in [0.5, 0.6) is 0 Å². The predicted molar refractivity (Wildman–Crippen MR) is 132 cm³/mol. The van der Waals surface area contributed by atoms with Crippen molar-refractivity contribution >= 4 is 23.4 Å². The third-order valence-electron chi connectivity index (χ3n) is 6.66. The Morgan fingerprint density at radius 3 is 2.52 bits per heavy atom. The first kappa shape index (κ1) is 25.2. The van der Waals surface area contributed by atoms with Gasteiger partial charge in [0.05, 0.1) is 0 Å². The smallest absolute Gasteiger partial charge is 0.220 e. The fraction of sp³-hybridized carbons (Fsp3) is 0.500. The summed E-state index contributed by atoms with van der Waals surface area (Å²) in [4.78, 5) is 31.0. The number of pyridine rings is 1. The van der Waals surface area contributed by atoms with E-state index in [0.29, 0.717) is 13.0 Å². The second-order valence-corrected chi connectivity index (χ2v) is 9.62. The van der Waals surface area contributed by atoms with Gasteiger partial charge >= 0.3 is 0 Å². The number of aromatic nitrogens is 1. The van der Waals surface area contributed by atoms with Crippen LogP contribution in [0.2, 0.25) is 5.02 Å². The molecule has 2 N–H and O–H groups in total. The zero-order valence-electron chi connectivity index (χ0n) is 19.6.